The molecule has 0 radical (unpaired) electrons. The van der Waals surface area contributed by atoms with Gasteiger partial charge in [-0.15, -0.1) is 0 Å². The van der Waals surface area contributed by atoms with Gasteiger partial charge < -0.3 is 14.7 Å². The highest BCUT2D eigenvalue weighted by Gasteiger charge is 2.12. The molecule has 0 aliphatic carbocycles. The Morgan fingerprint density at radius 3 is 2.69 bits per heavy atom. The van der Waals surface area contributed by atoms with Crippen molar-refractivity contribution in [1.82, 2.24) is 0 Å². The molecule has 0 amide bonds. The predicted octanol–water partition coefficient (Wildman–Crippen LogP) is 0.852. The zero-order chi connectivity index (χ0) is 10.0. The molecule has 1 aromatic heterocycles. The smallest absolute Gasteiger partial charge is 0.348 e. The minimum Gasteiger partial charge on any atom is -0.507 e. The van der Waals surface area contributed by atoms with Gasteiger partial charge in [-0.25, -0.2) is 4.79 Å². The van der Waals surface area contributed by atoms with Gasteiger partial charge in [0, 0.05) is 6.07 Å². The Morgan fingerprint density at radius 2 is 2.23 bits per heavy atom. The molecule has 5 nitrogen and oxygen atoms in total. The maximum atomic E-state index is 11.1. The van der Waals surface area contributed by atoms with Gasteiger partial charge in [-0.05, 0) is 13.8 Å². The van der Waals surface area contributed by atoms with Crippen LogP contribution in [0.3, 0.4) is 0 Å². The molecule has 0 spiro atoms. The van der Waals surface area contributed by atoms with E-state index in [-0.39, 0.29) is 17.0 Å². The maximum Gasteiger partial charge on any atom is 0.348 e. The monoisotopic (exact) mass is 183 g/mol. The van der Waals surface area contributed by atoms with Crippen molar-refractivity contribution < 1.29 is 14.7 Å². The van der Waals surface area contributed by atoms with E-state index >= 15 is 0 Å². The molecular weight excluding hydrogens is 174 g/mol. The summed E-state index contributed by atoms with van der Waals surface area (Å²) in [5, 5.41) is 20.5. The van der Waals surface area contributed by atoms with Crippen molar-refractivity contribution in [3.8, 4) is 5.75 Å². The van der Waals surface area contributed by atoms with Gasteiger partial charge in [0.15, 0.2) is 0 Å². The van der Waals surface area contributed by atoms with Crippen molar-refractivity contribution in [1.29, 1.82) is 0 Å². The first-order valence-electron chi connectivity index (χ1n) is 3.59. The van der Waals surface area contributed by atoms with Crippen molar-refractivity contribution in [2.75, 3.05) is 0 Å². The molecule has 1 heterocycles. The highest BCUT2D eigenvalue weighted by atomic mass is 16.4. The van der Waals surface area contributed by atoms with Crippen molar-refractivity contribution in [2.45, 2.75) is 13.8 Å². The van der Waals surface area contributed by atoms with Gasteiger partial charge >= 0.3 is 5.63 Å². The average molecular weight is 183 g/mol. The van der Waals surface area contributed by atoms with Crippen LogP contribution in [-0.2, 0) is 0 Å². The predicted molar refractivity (Wildman–Crippen MR) is 45.4 cm³/mol. The van der Waals surface area contributed by atoms with Gasteiger partial charge in [-0.3, -0.25) is 0 Å². The van der Waals surface area contributed by atoms with E-state index in [0.717, 1.165) is 0 Å². The number of aromatic hydroxyl groups is 1. The standard InChI is InChI=1S/C8H9NO4/c1-4-3-6(10)7(5(2)9-12)8(11)13-4/h3,10,12H,1-2H3/b9-5-. The summed E-state index contributed by atoms with van der Waals surface area (Å²) in [6.45, 7) is 2.93. The van der Waals surface area contributed by atoms with Crippen molar-refractivity contribution in [3.05, 3.63) is 27.8 Å². The molecule has 1 aromatic rings. The second-order valence-corrected chi connectivity index (χ2v) is 2.59. The van der Waals surface area contributed by atoms with Crippen LogP contribution in [0.5, 0.6) is 5.75 Å². The van der Waals surface area contributed by atoms with E-state index in [1.807, 2.05) is 0 Å². The molecule has 70 valence electrons. The molecule has 0 atom stereocenters. The molecule has 0 aliphatic rings. The highest BCUT2D eigenvalue weighted by Crippen LogP contribution is 2.14. The van der Waals surface area contributed by atoms with Crippen LogP contribution >= 0.6 is 0 Å². The molecule has 0 unspecified atom stereocenters. The molecule has 0 aliphatic heterocycles. The Bertz CT molecular complexity index is 405. The summed E-state index contributed by atoms with van der Waals surface area (Å²) < 4.78 is 4.70. The first-order valence-corrected chi connectivity index (χ1v) is 3.59. The number of aryl methyl sites for hydroxylation is 1. The quantitative estimate of drug-likeness (QED) is 0.384. The third-order valence-electron chi connectivity index (χ3n) is 1.57. The van der Waals surface area contributed by atoms with E-state index in [1.165, 1.54) is 19.9 Å². The average Bonchev–Trinajstić information content (AvgIpc) is 2.02. The summed E-state index contributed by atoms with van der Waals surface area (Å²) in [7, 11) is 0. The van der Waals surface area contributed by atoms with Crippen molar-refractivity contribution in [3.63, 3.8) is 0 Å². The summed E-state index contributed by atoms with van der Waals surface area (Å²) in [6, 6.07) is 1.28. The zero-order valence-corrected chi connectivity index (χ0v) is 7.24. The molecule has 5 heteroatoms. The maximum absolute atomic E-state index is 11.1. The lowest BCUT2D eigenvalue weighted by Crippen LogP contribution is -2.12. The Labute approximate surface area is 73.9 Å². The molecule has 13 heavy (non-hydrogen) atoms. The van der Waals surface area contributed by atoms with Crippen LogP contribution in [0.15, 0.2) is 20.4 Å². The molecule has 2 N–H and O–H groups in total. The zero-order valence-electron chi connectivity index (χ0n) is 7.24. The molecule has 0 saturated carbocycles. The summed E-state index contributed by atoms with van der Waals surface area (Å²) in [5.41, 5.74) is -0.813. The number of nitrogens with zero attached hydrogens (tertiary/aromatic N) is 1. The lowest BCUT2D eigenvalue weighted by Gasteiger charge is -2.00. The van der Waals surface area contributed by atoms with Crippen molar-refractivity contribution in [2.24, 2.45) is 5.16 Å². The molecule has 0 bridgehead atoms. The van der Waals surface area contributed by atoms with Crippen LogP contribution in [0.25, 0.3) is 0 Å². The van der Waals surface area contributed by atoms with Gasteiger partial charge in [0.2, 0.25) is 0 Å². The first-order chi connectivity index (χ1) is 6.06. The SMILES string of the molecule is C/C(=N/O)c1c(O)cc(C)oc1=O. The number of hydrogen-bond donors (Lipinski definition) is 2. The van der Waals surface area contributed by atoms with E-state index in [0.29, 0.717) is 5.76 Å². The number of hydrogen-bond acceptors (Lipinski definition) is 5. The molecule has 0 saturated heterocycles. The third kappa shape index (κ3) is 1.69. The molecule has 1 rings (SSSR count). The van der Waals surface area contributed by atoms with E-state index in [4.69, 9.17) is 9.62 Å². The Hall–Kier alpha value is -1.78. The normalized spacial score (nSPS) is 11.7. The van der Waals surface area contributed by atoms with Crippen LogP contribution in [0.1, 0.15) is 18.2 Å². The fraction of sp³-hybridized carbons (Fsp3) is 0.250. The Morgan fingerprint density at radius 1 is 1.62 bits per heavy atom. The Balaban J connectivity index is 3.47. The third-order valence-corrected chi connectivity index (χ3v) is 1.57. The summed E-state index contributed by atoms with van der Waals surface area (Å²) in [5.74, 6) is 0.0565. The Kier molecular flexibility index (Phi) is 2.36. The fourth-order valence-corrected chi connectivity index (χ4v) is 0.979. The highest BCUT2D eigenvalue weighted by molar-refractivity contribution is 6.00. The van der Waals surface area contributed by atoms with E-state index in [2.05, 4.69) is 5.16 Å². The molecule has 0 fully saturated rings. The second kappa shape index (κ2) is 3.30. The summed E-state index contributed by atoms with van der Waals surface area (Å²) >= 11 is 0. The van der Waals surface area contributed by atoms with E-state index in [9.17, 15) is 9.90 Å². The fourth-order valence-electron chi connectivity index (χ4n) is 0.979. The van der Waals surface area contributed by atoms with E-state index < -0.39 is 5.63 Å². The summed E-state index contributed by atoms with van der Waals surface area (Å²) in [6.07, 6.45) is 0. The number of oxime groups is 1. The number of rotatable bonds is 1. The lowest BCUT2D eigenvalue weighted by atomic mass is 10.2. The van der Waals surface area contributed by atoms with Crippen LogP contribution in [-0.4, -0.2) is 16.0 Å². The first kappa shape index (κ1) is 9.31. The van der Waals surface area contributed by atoms with Crippen LogP contribution in [0, 0.1) is 6.92 Å². The lowest BCUT2D eigenvalue weighted by molar-refractivity contribution is 0.318. The second-order valence-electron chi connectivity index (χ2n) is 2.59. The topological polar surface area (TPSA) is 83.0 Å². The van der Waals surface area contributed by atoms with Gasteiger partial charge in [0.1, 0.15) is 17.1 Å². The van der Waals surface area contributed by atoms with Crippen LogP contribution in [0.4, 0.5) is 0 Å². The van der Waals surface area contributed by atoms with Gasteiger partial charge in [0.05, 0.1) is 5.71 Å². The van der Waals surface area contributed by atoms with Gasteiger partial charge in [0.25, 0.3) is 0 Å². The van der Waals surface area contributed by atoms with Gasteiger partial charge in [-0.2, -0.15) is 0 Å². The minimum absolute atomic E-state index is 0.0197. The molecular formula is C8H9NO4. The molecule has 0 aromatic carbocycles. The van der Waals surface area contributed by atoms with Crippen LogP contribution in [0.2, 0.25) is 0 Å². The summed E-state index contributed by atoms with van der Waals surface area (Å²) in [4.78, 5) is 11.1. The van der Waals surface area contributed by atoms with Crippen molar-refractivity contribution >= 4 is 5.71 Å². The largest absolute Gasteiger partial charge is 0.507 e. The van der Waals surface area contributed by atoms with Crippen LogP contribution < -0.4 is 5.63 Å². The van der Waals surface area contributed by atoms with Gasteiger partial charge in [-0.1, -0.05) is 5.16 Å². The van der Waals surface area contributed by atoms with E-state index in [1.54, 1.807) is 0 Å². The minimum atomic E-state index is -0.715.